The Morgan fingerprint density at radius 3 is 2.29 bits per heavy atom. The molecule has 1 fully saturated rings. The number of ketones is 1. The minimum absolute atomic E-state index is 0.0146. The summed E-state index contributed by atoms with van der Waals surface area (Å²) in [6.07, 6.45) is 5.76. The molecule has 0 bridgehead atoms. The van der Waals surface area contributed by atoms with Crippen LogP contribution in [-0.2, 0) is 14.4 Å². The Hall–Kier alpha value is -1.43. The average Bonchev–Trinajstić information content (AvgIpc) is 3.04. The van der Waals surface area contributed by atoms with Gasteiger partial charge in [-0.1, -0.05) is 26.7 Å². The number of carbonyl (C=O) groups excluding carboxylic acids is 3. The summed E-state index contributed by atoms with van der Waals surface area (Å²) < 4.78 is 0. The van der Waals surface area contributed by atoms with Gasteiger partial charge in [0.05, 0.1) is 6.04 Å². The molecule has 2 amide bonds. The predicted octanol–water partition coefficient (Wildman–Crippen LogP) is 1.51. The minimum Gasteiger partial charge on any atom is -0.369 e. The van der Waals surface area contributed by atoms with Crippen LogP contribution in [0.25, 0.3) is 0 Å². The van der Waals surface area contributed by atoms with Crippen LogP contribution < -0.4 is 16.8 Å². The van der Waals surface area contributed by atoms with E-state index < -0.39 is 17.9 Å². The SMILES string of the molecule is CC(C)C[C@H](CC(=O)[C@H](CCCN)NC(=O)C1CCCC1)C(N)=O. The van der Waals surface area contributed by atoms with Crippen LogP contribution in [0.2, 0.25) is 0 Å². The van der Waals surface area contributed by atoms with E-state index in [4.69, 9.17) is 11.5 Å². The first-order chi connectivity index (χ1) is 11.3. The van der Waals surface area contributed by atoms with Crippen molar-refractivity contribution in [3.05, 3.63) is 0 Å². The third kappa shape index (κ3) is 6.99. The third-order valence-electron chi connectivity index (χ3n) is 4.73. The van der Waals surface area contributed by atoms with Crippen molar-refractivity contribution in [3.63, 3.8) is 0 Å². The topological polar surface area (TPSA) is 115 Å². The fraction of sp³-hybridized carbons (Fsp3) is 0.833. The molecule has 5 N–H and O–H groups in total. The van der Waals surface area contributed by atoms with Gasteiger partial charge in [-0.15, -0.1) is 0 Å². The molecule has 2 atom stereocenters. The van der Waals surface area contributed by atoms with Gasteiger partial charge in [-0.3, -0.25) is 14.4 Å². The standard InChI is InChI=1S/C18H33N3O3/c1-12(2)10-14(17(20)23)11-16(22)15(8-5-9-19)21-18(24)13-6-3-4-7-13/h12-15H,3-11,19H2,1-2H3,(H2,20,23)(H,21,24)/t14-,15+/m1/s1. The molecule has 0 spiro atoms. The Balaban J connectivity index is 2.68. The van der Waals surface area contributed by atoms with Crippen molar-refractivity contribution in [2.24, 2.45) is 29.2 Å². The Kier molecular flexibility index (Phi) is 8.97. The average molecular weight is 339 g/mol. The molecule has 0 unspecified atom stereocenters. The summed E-state index contributed by atoms with van der Waals surface area (Å²) in [7, 11) is 0. The normalized spacial score (nSPS) is 17.7. The number of amides is 2. The fourth-order valence-electron chi connectivity index (χ4n) is 3.37. The quantitative estimate of drug-likeness (QED) is 0.529. The molecule has 0 aromatic heterocycles. The summed E-state index contributed by atoms with van der Waals surface area (Å²) in [6, 6.07) is -0.560. The zero-order valence-electron chi connectivity index (χ0n) is 15.1. The van der Waals surface area contributed by atoms with Gasteiger partial charge in [-0.25, -0.2) is 0 Å². The summed E-state index contributed by atoms with van der Waals surface area (Å²) in [5, 5.41) is 2.89. The highest BCUT2D eigenvalue weighted by Gasteiger charge is 2.29. The molecule has 138 valence electrons. The lowest BCUT2D eigenvalue weighted by atomic mass is 9.89. The molecule has 6 heteroatoms. The summed E-state index contributed by atoms with van der Waals surface area (Å²) in [4.78, 5) is 36.6. The fourth-order valence-corrected chi connectivity index (χ4v) is 3.37. The third-order valence-corrected chi connectivity index (χ3v) is 4.73. The van der Waals surface area contributed by atoms with E-state index in [1.54, 1.807) is 0 Å². The molecule has 0 aliphatic heterocycles. The number of nitrogens with two attached hydrogens (primary N) is 2. The van der Waals surface area contributed by atoms with Crippen molar-refractivity contribution in [1.29, 1.82) is 0 Å². The van der Waals surface area contributed by atoms with Crippen molar-refractivity contribution < 1.29 is 14.4 Å². The molecule has 6 nitrogen and oxygen atoms in total. The first kappa shape index (κ1) is 20.6. The summed E-state index contributed by atoms with van der Waals surface area (Å²) >= 11 is 0. The second kappa shape index (κ2) is 10.4. The van der Waals surface area contributed by atoms with E-state index in [0.717, 1.165) is 25.7 Å². The number of rotatable bonds is 11. The van der Waals surface area contributed by atoms with Crippen LogP contribution in [0.15, 0.2) is 0 Å². The molecule has 0 aromatic rings. The lowest BCUT2D eigenvalue weighted by Crippen LogP contribution is -2.44. The van der Waals surface area contributed by atoms with E-state index in [0.29, 0.717) is 25.8 Å². The van der Waals surface area contributed by atoms with Gasteiger partial charge in [0.25, 0.3) is 0 Å². The van der Waals surface area contributed by atoms with Crippen LogP contribution in [0.4, 0.5) is 0 Å². The number of primary amides is 1. The maximum Gasteiger partial charge on any atom is 0.223 e. The second-order valence-corrected chi connectivity index (χ2v) is 7.37. The Bertz CT molecular complexity index is 431. The molecular weight excluding hydrogens is 306 g/mol. The van der Waals surface area contributed by atoms with E-state index in [1.165, 1.54) is 0 Å². The molecule has 0 heterocycles. The van der Waals surface area contributed by atoms with Crippen molar-refractivity contribution in [2.45, 2.75) is 71.3 Å². The minimum atomic E-state index is -0.560. The summed E-state index contributed by atoms with van der Waals surface area (Å²) in [5.74, 6) is -0.772. The lowest BCUT2D eigenvalue weighted by molar-refractivity contribution is -0.132. The van der Waals surface area contributed by atoms with Gasteiger partial charge in [0.1, 0.15) is 0 Å². The molecule has 0 saturated heterocycles. The smallest absolute Gasteiger partial charge is 0.223 e. The van der Waals surface area contributed by atoms with E-state index >= 15 is 0 Å². The number of hydrogen-bond donors (Lipinski definition) is 3. The number of carbonyl (C=O) groups is 3. The summed E-state index contributed by atoms with van der Waals surface area (Å²) in [6.45, 7) is 4.46. The molecule has 1 saturated carbocycles. The van der Waals surface area contributed by atoms with Crippen LogP contribution in [0.5, 0.6) is 0 Å². The highest BCUT2D eigenvalue weighted by Crippen LogP contribution is 2.25. The van der Waals surface area contributed by atoms with Crippen molar-refractivity contribution in [1.82, 2.24) is 5.32 Å². The second-order valence-electron chi connectivity index (χ2n) is 7.37. The van der Waals surface area contributed by atoms with Gasteiger partial charge in [-0.2, -0.15) is 0 Å². The van der Waals surface area contributed by atoms with Crippen LogP contribution in [-0.4, -0.2) is 30.2 Å². The van der Waals surface area contributed by atoms with Gasteiger partial charge >= 0.3 is 0 Å². The molecule has 24 heavy (non-hydrogen) atoms. The van der Waals surface area contributed by atoms with Crippen LogP contribution in [0.1, 0.15) is 65.2 Å². The number of hydrogen-bond acceptors (Lipinski definition) is 4. The van der Waals surface area contributed by atoms with Crippen molar-refractivity contribution in [2.75, 3.05) is 6.54 Å². The zero-order valence-corrected chi connectivity index (χ0v) is 15.1. The molecule has 1 rings (SSSR count). The lowest BCUT2D eigenvalue weighted by Gasteiger charge is -2.22. The predicted molar refractivity (Wildman–Crippen MR) is 93.9 cm³/mol. The molecule has 1 aliphatic rings. The van der Waals surface area contributed by atoms with Gasteiger partial charge in [0, 0.05) is 18.3 Å². The first-order valence-corrected chi connectivity index (χ1v) is 9.17. The number of nitrogens with one attached hydrogen (secondary N) is 1. The van der Waals surface area contributed by atoms with Crippen LogP contribution >= 0.6 is 0 Å². The van der Waals surface area contributed by atoms with Gasteiger partial charge in [0.2, 0.25) is 11.8 Å². The van der Waals surface area contributed by atoms with Crippen LogP contribution in [0.3, 0.4) is 0 Å². The highest BCUT2D eigenvalue weighted by molar-refractivity contribution is 5.92. The maximum absolute atomic E-state index is 12.6. The largest absolute Gasteiger partial charge is 0.369 e. The maximum atomic E-state index is 12.6. The van der Waals surface area contributed by atoms with E-state index in [-0.39, 0.29) is 29.9 Å². The van der Waals surface area contributed by atoms with Crippen molar-refractivity contribution in [3.8, 4) is 0 Å². The molecule has 0 radical (unpaired) electrons. The molecule has 0 aromatic carbocycles. The Labute approximate surface area is 145 Å². The van der Waals surface area contributed by atoms with E-state index in [9.17, 15) is 14.4 Å². The Morgan fingerprint density at radius 2 is 1.79 bits per heavy atom. The van der Waals surface area contributed by atoms with Gasteiger partial charge in [-0.05, 0) is 44.6 Å². The Morgan fingerprint density at radius 1 is 1.17 bits per heavy atom. The van der Waals surface area contributed by atoms with Gasteiger partial charge in [0.15, 0.2) is 5.78 Å². The molecule has 1 aliphatic carbocycles. The summed E-state index contributed by atoms with van der Waals surface area (Å²) in [5.41, 5.74) is 11.0. The highest BCUT2D eigenvalue weighted by atomic mass is 16.2. The van der Waals surface area contributed by atoms with E-state index in [2.05, 4.69) is 5.32 Å². The zero-order chi connectivity index (χ0) is 18.1. The number of Topliss-reactive ketones (excluding diaryl/α,β-unsaturated/α-hetero) is 1. The monoisotopic (exact) mass is 339 g/mol. The van der Waals surface area contributed by atoms with Crippen LogP contribution in [0, 0.1) is 17.8 Å². The van der Waals surface area contributed by atoms with Crippen molar-refractivity contribution >= 4 is 17.6 Å². The van der Waals surface area contributed by atoms with E-state index in [1.807, 2.05) is 13.8 Å². The van der Waals surface area contributed by atoms with Gasteiger partial charge < -0.3 is 16.8 Å². The first-order valence-electron chi connectivity index (χ1n) is 9.17. The molecular formula is C18H33N3O3.